The summed E-state index contributed by atoms with van der Waals surface area (Å²) in [5.41, 5.74) is -0.111. The zero-order valence-electron chi connectivity index (χ0n) is 7.50. The molecular weight excluding hydrogens is 206 g/mol. The number of hydrogen-bond acceptors (Lipinski definition) is 4. The molecule has 0 amide bonds. The Morgan fingerprint density at radius 1 is 1.29 bits per heavy atom. The number of hydrogen-bond donors (Lipinski definition) is 0. The Morgan fingerprint density at radius 2 is 1.79 bits per heavy atom. The lowest BCUT2D eigenvalue weighted by molar-refractivity contribution is -0.384. The number of nitro groups is 1. The molecule has 0 saturated heterocycles. The summed E-state index contributed by atoms with van der Waals surface area (Å²) >= 11 is 0. The monoisotopic (exact) mass is 215 g/mol. The van der Waals surface area contributed by atoms with E-state index in [1.165, 1.54) is 31.2 Å². The molecule has 14 heavy (non-hydrogen) atoms. The minimum absolute atomic E-state index is 0.00912. The maximum Gasteiger partial charge on any atom is 0.269 e. The highest BCUT2D eigenvalue weighted by molar-refractivity contribution is 7.91. The minimum Gasteiger partial charge on any atom is -0.258 e. The van der Waals surface area contributed by atoms with Crippen LogP contribution in [0.15, 0.2) is 29.2 Å². The number of rotatable bonds is 3. The van der Waals surface area contributed by atoms with Gasteiger partial charge in [-0.25, -0.2) is 8.42 Å². The van der Waals surface area contributed by atoms with Crippen molar-refractivity contribution in [3.63, 3.8) is 0 Å². The lowest BCUT2D eigenvalue weighted by atomic mass is 10.3. The van der Waals surface area contributed by atoms with Crippen LogP contribution < -0.4 is 0 Å². The zero-order valence-corrected chi connectivity index (χ0v) is 8.32. The first kappa shape index (κ1) is 10.6. The minimum atomic E-state index is -3.26. The summed E-state index contributed by atoms with van der Waals surface area (Å²) in [4.78, 5) is 9.84. The Labute approximate surface area is 81.4 Å². The zero-order chi connectivity index (χ0) is 10.8. The molecule has 76 valence electrons. The number of sulfone groups is 1. The van der Waals surface area contributed by atoms with E-state index >= 15 is 0 Å². The summed E-state index contributed by atoms with van der Waals surface area (Å²) in [5, 5.41) is 10.3. The van der Waals surface area contributed by atoms with Crippen LogP contribution in [0, 0.1) is 10.1 Å². The van der Waals surface area contributed by atoms with Gasteiger partial charge in [-0.3, -0.25) is 10.1 Å². The van der Waals surface area contributed by atoms with Gasteiger partial charge in [-0.05, 0) is 12.1 Å². The van der Waals surface area contributed by atoms with Gasteiger partial charge in [0.1, 0.15) is 0 Å². The Balaban J connectivity index is 3.12. The molecule has 0 fully saturated rings. The van der Waals surface area contributed by atoms with Crippen LogP contribution in [0.3, 0.4) is 0 Å². The third-order valence-electron chi connectivity index (χ3n) is 1.79. The van der Waals surface area contributed by atoms with E-state index < -0.39 is 14.8 Å². The van der Waals surface area contributed by atoms with Gasteiger partial charge >= 0.3 is 0 Å². The highest BCUT2D eigenvalue weighted by Crippen LogP contribution is 2.16. The molecular formula is C8H9NO4S. The van der Waals surface area contributed by atoms with Gasteiger partial charge in [-0.15, -0.1) is 0 Å². The molecule has 0 saturated carbocycles. The fraction of sp³-hybridized carbons (Fsp3) is 0.250. The lowest BCUT2D eigenvalue weighted by Crippen LogP contribution is -2.03. The van der Waals surface area contributed by atoms with Crippen LogP contribution >= 0.6 is 0 Å². The van der Waals surface area contributed by atoms with Crippen LogP contribution in [0.1, 0.15) is 6.92 Å². The summed E-state index contributed by atoms with van der Waals surface area (Å²) in [5.74, 6) is -0.00912. The number of nitrogens with zero attached hydrogens (tertiary/aromatic N) is 1. The van der Waals surface area contributed by atoms with E-state index in [-0.39, 0.29) is 16.3 Å². The summed E-state index contributed by atoms with van der Waals surface area (Å²) in [7, 11) is -3.26. The van der Waals surface area contributed by atoms with E-state index in [9.17, 15) is 18.5 Å². The Kier molecular flexibility index (Phi) is 2.85. The van der Waals surface area contributed by atoms with E-state index in [4.69, 9.17) is 0 Å². The average molecular weight is 215 g/mol. The molecule has 0 spiro atoms. The topological polar surface area (TPSA) is 77.3 Å². The van der Waals surface area contributed by atoms with Crippen molar-refractivity contribution in [1.82, 2.24) is 0 Å². The van der Waals surface area contributed by atoms with Crippen molar-refractivity contribution in [1.29, 1.82) is 0 Å². The molecule has 0 aliphatic rings. The Hall–Kier alpha value is -1.43. The third kappa shape index (κ3) is 2.08. The first-order valence-electron chi connectivity index (χ1n) is 3.94. The smallest absolute Gasteiger partial charge is 0.258 e. The highest BCUT2D eigenvalue weighted by Gasteiger charge is 2.13. The van der Waals surface area contributed by atoms with E-state index in [2.05, 4.69) is 0 Å². The molecule has 0 heterocycles. The van der Waals surface area contributed by atoms with Gasteiger partial charge in [0.25, 0.3) is 5.69 Å². The van der Waals surface area contributed by atoms with Gasteiger partial charge in [0.2, 0.25) is 0 Å². The fourth-order valence-corrected chi connectivity index (χ4v) is 1.83. The highest BCUT2D eigenvalue weighted by atomic mass is 32.2. The summed E-state index contributed by atoms with van der Waals surface area (Å²) in [6, 6.07) is 4.86. The second kappa shape index (κ2) is 3.75. The predicted octanol–water partition coefficient (Wildman–Crippen LogP) is 1.39. The molecule has 0 N–H and O–H groups in total. The van der Waals surface area contributed by atoms with Crippen LogP contribution in [0.25, 0.3) is 0 Å². The third-order valence-corrected chi connectivity index (χ3v) is 3.54. The molecule has 0 radical (unpaired) electrons. The Morgan fingerprint density at radius 3 is 2.14 bits per heavy atom. The summed E-state index contributed by atoms with van der Waals surface area (Å²) < 4.78 is 22.6. The van der Waals surface area contributed by atoms with Gasteiger partial charge in [-0.2, -0.15) is 0 Å². The first-order chi connectivity index (χ1) is 6.47. The van der Waals surface area contributed by atoms with Crippen molar-refractivity contribution < 1.29 is 13.3 Å². The van der Waals surface area contributed by atoms with Crippen LogP contribution in [-0.4, -0.2) is 19.1 Å². The van der Waals surface area contributed by atoms with E-state index in [0.717, 1.165) is 0 Å². The molecule has 5 nitrogen and oxygen atoms in total. The molecule has 1 rings (SSSR count). The fourth-order valence-electron chi connectivity index (χ4n) is 0.942. The number of nitro benzene ring substituents is 1. The molecule has 0 unspecified atom stereocenters. The Bertz CT molecular complexity index is 435. The molecule has 0 aliphatic carbocycles. The SMILES string of the molecule is CCS(=O)(=O)c1ccc([N+](=O)[O-])cc1. The van der Waals surface area contributed by atoms with Gasteiger partial charge in [0.05, 0.1) is 15.6 Å². The van der Waals surface area contributed by atoms with Gasteiger partial charge in [0.15, 0.2) is 9.84 Å². The molecule has 0 bridgehead atoms. The standard InChI is InChI=1S/C8H9NO4S/c1-2-14(12,13)8-5-3-7(4-6-8)9(10)11/h3-6H,2H2,1H3. The lowest BCUT2D eigenvalue weighted by Gasteiger charge is -1.99. The average Bonchev–Trinajstić information content (AvgIpc) is 2.18. The van der Waals surface area contributed by atoms with Crippen molar-refractivity contribution >= 4 is 15.5 Å². The van der Waals surface area contributed by atoms with Crippen LogP contribution in [0.5, 0.6) is 0 Å². The maximum atomic E-state index is 11.3. The molecule has 0 aromatic heterocycles. The van der Waals surface area contributed by atoms with Crippen molar-refractivity contribution in [2.45, 2.75) is 11.8 Å². The van der Waals surface area contributed by atoms with E-state index in [0.29, 0.717) is 0 Å². The first-order valence-corrected chi connectivity index (χ1v) is 5.60. The second-order valence-electron chi connectivity index (χ2n) is 2.65. The number of non-ortho nitro benzene ring substituents is 1. The van der Waals surface area contributed by atoms with Crippen molar-refractivity contribution in [2.75, 3.05) is 5.75 Å². The van der Waals surface area contributed by atoms with Crippen molar-refractivity contribution in [2.24, 2.45) is 0 Å². The molecule has 6 heteroatoms. The second-order valence-corrected chi connectivity index (χ2v) is 4.93. The van der Waals surface area contributed by atoms with Gasteiger partial charge < -0.3 is 0 Å². The molecule has 1 aromatic rings. The van der Waals surface area contributed by atoms with Crippen molar-refractivity contribution in [3.05, 3.63) is 34.4 Å². The summed E-state index contributed by atoms with van der Waals surface area (Å²) in [6.45, 7) is 1.52. The largest absolute Gasteiger partial charge is 0.269 e. The normalized spacial score (nSPS) is 11.2. The van der Waals surface area contributed by atoms with Gasteiger partial charge in [0, 0.05) is 12.1 Å². The van der Waals surface area contributed by atoms with Crippen LogP contribution in [-0.2, 0) is 9.84 Å². The quantitative estimate of drug-likeness (QED) is 0.563. The molecule has 0 aliphatic heterocycles. The van der Waals surface area contributed by atoms with Crippen molar-refractivity contribution in [3.8, 4) is 0 Å². The maximum absolute atomic E-state index is 11.3. The van der Waals surface area contributed by atoms with Crippen LogP contribution in [0.4, 0.5) is 5.69 Å². The van der Waals surface area contributed by atoms with E-state index in [1.807, 2.05) is 0 Å². The summed E-state index contributed by atoms with van der Waals surface area (Å²) in [6.07, 6.45) is 0. The van der Waals surface area contributed by atoms with Gasteiger partial charge in [-0.1, -0.05) is 6.92 Å². The molecule has 0 atom stereocenters. The van der Waals surface area contributed by atoms with E-state index in [1.54, 1.807) is 0 Å². The van der Waals surface area contributed by atoms with Crippen LogP contribution in [0.2, 0.25) is 0 Å². The number of benzene rings is 1. The molecule has 1 aromatic carbocycles. The predicted molar refractivity (Wildman–Crippen MR) is 50.8 cm³/mol.